The Bertz CT molecular complexity index is 932. The Morgan fingerprint density at radius 3 is 2.46 bits per heavy atom. The van der Waals surface area contributed by atoms with Gasteiger partial charge in [0.2, 0.25) is 6.79 Å². The Morgan fingerprint density at radius 1 is 1.07 bits per heavy atom. The van der Waals surface area contributed by atoms with Gasteiger partial charge in [0.15, 0.2) is 11.5 Å². The van der Waals surface area contributed by atoms with Crippen molar-refractivity contribution in [3.63, 3.8) is 0 Å². The highest BCUT2D eigenvalue weighted by Gasteiger charge is 2.19. The van der Waals surface area contributed by atoms with Crippen LogP contribution in [0.2, 0.25) is 0 Å². The number of nitrogens with one attached hydrogen (secondary N) is 1. The minimum absolute atomic E-state index is 0.00725. The van der Waals surface area contributed by atoms with Crippen molar-refractivity contribution < 1.29 is 19.4 Å². The summed E-state index contributed by atoms with van der Waals surface area (Å²) in [6, 6.07) is 9.17. The summed E-state index contributed by atoms with van der Waals surface area (Å²) >= 11 is 0. The molecule has 0 unspecified atom stereocenters. The van der Waals surface area contributed by atoms with Crippen LogP contribution >= 0.6 is 0 Å². The molecule has 1 amide bonds. The van der Waals surface area contributed by atoms with Crippen LogP contribution in [0, 0.1) is 0 Å². The molecule has 0 aliphatic carbocycles. The number of rotatable bonds is 5. The lowest BCUT2D eigenvalue weighted by molar-refractivity contribution is 0.0952. The minimum Gasteiger partial charge on any atom is -0.507 e. The molecule has 0 fully saturated rings. The topological polar surface area (TPSA) is 80.2 Å². The number of amides is 1. The molecule has 3 rings (SSSR count). The summed E-state index contributed by atoms with van der Waals surface area (Å²) in [6.07, 6.45) is 0. The largest absolute Gasteiger partial charge is 0.507 e. The third-order valence-electron chi connectivity index (χ3n) is 4.81. The van der Waals surface area contributed by atoms with Crippen LogP contribution in [0.1, 0.15) is 73.5 Å². The molecule has 2 N–H and O–H groups in total. The zero-order valence-electron chi connectivity index (χ0n) is 16.9. The van der Waals surface area contributed by atoms with Crippen molar-refractivity contribution in [1.29, 1.82) is 0 Å². The quantitative estimate of drug-likeness (QED) is 0.588. The second-order valence-electron chi connectivity index (χ2n) is 7.52. The molecule has 0 saturated carbocycles. The van der Waals surface area contributed by atoms with Gasteiger partial charge in [0, 0.05) is 5.56 Å². The molecule has 6 heteroatoms. The Balaban J connectivity index is 1.85. The van der Waals surface area contributed by atoms with E-state index in [1.165, 1.54) is 0 Å². The Kier molecular flexibility index (Phi) is 5.58. The molecule has 6 nitrogen and oxygen atoms in total. The lowest BCUT2D eigenvalue weighted by Gasteiger charge is -2.16. The van der Waals surface area contributed by atoms with Crippen LogP contribution in [-0.4, -0.2) is 23.5 Å². The molecular formula is C22H26N2O4. The van der Waals surface area contributed by atoms with Gasteiger partial charge in [0.25, 0.3) is 5.91 Å². The molecule has 0 radical (unpaired) electrons. The van der Waals surface area contributed by atoms with Crippen molar-refractivity contribution in [2.24, 2.45) is 5.10 Å². The van der Waals surface area contributed by atoms with E-state index in [2.05, 4.69) is 24.4 Å². The van der Waals surface area contributed by atoms with E-state index in [0.717, 1.165) is 16.7 Å². The predicted octanol–water partition coefficient (Wildman–Crippen LogP) is 4.52. The number of carbonyl (C=O) groups excluding carboxylic acids is 1. The summed E-state index contributed by atoms with van der Waals surface area (Å²) in [4.78, 5) is 12.7. The first kappa shape index (κ1) is 19.7. The van der Waals surface area contributed by atoms with Crippen LogP contribution in [0.3, 0.4) is 0 Å². The lowest BCUT2D eigenvalue weighted by Crippen LogP contribution is -2.20. The van der Waals surface area contributed by atoms with Gasteiger partial charge < -0.3 is 14.6 Å². The number of nitrogens with zero attached hydrogens (tertiary/aromatic N) is 1. The van der Waals surface area contributed by atoms with E-state index in [9.17, 15) is 9.90 Å². The maximum atomic E-state index is 12.7. The third kappa shape index (κ3) is 3.96. The van der Waals surface area contributed by atoms with Gasteiger partial charge >= 0.3 is 0 Å². The van der Waals surface area contributed by atoms with Crippen molar-refractivity contribution in [3.8, 4) is 17.2 Å². The summed E-state index contributed by atoms with van der Waals surface area (Å²) in [5.41, 5.74) is 5.98. The summed E-state index contributed by atoms with van der Waals surface area (Å²) < 4.78 is 10.7. The number of aromatic hydroxyl groups is 1. The van der Waals surface area contributed by atoms with Gasteiger partial charge in [-0.25, -0.2) is 5.43 Å². The molecule has 1 aliphatic rings. The van der Waals surface area contributed by atoms with Crippen molar-refractivity contribution in [3.05, 3.63) is 52.6 Å². The number of fused-ring (bicyclic) bond motifs is 1. The SMILES string of the molecule is C/C(=N/NC(=O)c1cc(C(C)C)cc(C(C)C)c1O)c1ccc2c(c1)OCO2. The average Bonchev–Trinajstić information content (AvgIpc) is 3.13. The van der Waals surface area contributed by atoms with Crippen molar-refractivity contribution in [2.45, 2.75) is 46.5 Å². The van der Waals surface area contributed by atoms with Gasteiger partial charge in [-0.15, -0.1) is 0 Å². The van der Waals surface area contributed by atoms with Crippen LogP contribution in [0.25, 0.3) is 0 Å². The van der Waals surface area contributed by atoms with Crippen LogP contribution in [0.4, 0.5) is 0 Å². The second kappa shape index (κ2) is 7.92. The van der Waals surface area contributed by atoms with Crippen LogP contribution in [-0.2, 0) is 0 Å². The number of ether oxygens (including phenoxy) is 2. The second-order valence-corrected chi connectivity index (χ2v) is 7.52. The summed E-state index contributed by atoms with van der Waals surface area (Å²) in [5.74, 6) is 1.25. The minimum atomic E-state index is -0.443. The molecular weight excluding hydrogens is 356 g/mol. The first-order valence-electron chi connectivity index (χ1n) is 9.39. The molecule has 28 heavy (non-hydrogen) atoms. The van der Waals surface area contributed by atoms with Crippen LogP contribution in [0.5, 0.6) is 17.2 Å². The molecule has 0 bridgehead atoms. The highest BCUT2D eigenvalue weighted by Crippen LogP contribution is 2.34. The number of carbonyl (C=O) groups is 1. The fraction of sp³-hybridized carbons (Fsp3) is 0.364. The highest BCUT2D eigenvalue weighted by molar-refractivity contribution is 6.02. The smallest absolute Gasteiger partial charge is 0.275 e. The van der Waals surface area contributed by atoms with E-state index in [0.29, 0.717) is 17.2 Å². The number of hydrazone groups is 1. The maximum Gasteiger partial charge on any atom is 0.275 e. The first-order chi connectivity index (χ1) is 13.3. The van der Waals surface area contributed by atoms with Gasteiger partial charge in [0.1, 0.15) is 5.75 Å². The molecule has 1 aliphatic heterocycles. The molecule has 1 heterocycles. The van der Waals surface area contributed by atoms with Crippen LogP contribution < -0.4 is 14.9 Å². The Morgan fingerprint density at radius 2 is 1.79 bits per heavy atom. The molecule has 0 saturated heterocycles. The fourth-order valence-corrected chi connectivity index (χ4v) is 3.01. The van der Waals surface area contributed by atoms with Crippen molar-refractivity contribution in [2.75, 3.05) is 6.79 Å². The van der Waals surface area contributed by atoms with E-state index in [1.807, 2.05) is 38.1 Å². The van der Waals surface area contributed by atoms with E-state index in [4.69, 9.17) is 9.47 Å². The van der Waals surface area contributed by atoms with Gasteiger partial charge in [-0.3, -0.25) is 4.79 Å². The molecule has 0 atom stereocenters. The van der Waals surface area contributed by atoms with E-state index < -0.39 is 5.91 Å². The predicted molar refractivity (Wildman–Crippen MR) is 109 cm³/mol. The zero-order chi connectivity index (χ0) is 20.4. The number of hydrogen-bond donors (Lipinski definition) is 2. The Labute approximate surface area is 165 Å². The standard InChI is InChI=1S/C22H26N2O4/c1-12(2)16-8-17(13(3)4)21(25)18(9-16)22(26)24-23-14(5)15-6-7-19-20(10-15)28-11-27-19/h6-10,12-13,25H,11H2,1-5H3,(H,24,26)/b23-14-. The van der Waals surface area contributed by atoms with Gasteiger partial charge in [0.05, 0.1) is 11.3 Å². The molecule has 0 aromatic heterocycles. The third-order valence-corrected chi connectivity index (χ3v) is 4.81. The van der Waals surface area contributed by atoms with Crippen molar-refractivity contribution in [1.82, 2.24) is 5.43 Å². The molecule has 2 aromatic rings. The summed E-state index contributed by atoms with van der Waals surface area (Å²) in [5, 5.41) is 14.8. The number of phenols is 1. The first-order valence-corrected chi connectivity index (χ1v) is 9.39. The van der Waals surface area contributed by atoms with E-state index in [-0.39, 0.29) is 29.9 Å². The lowest BCUT2D eigenvalue weighted by atomic mass is 9.92. The monoisotopic (exact) mass is 382 g/mol. The van der Waals surface area contributed by atoms with E-state index >= 15 is 0 Å². The number of benzene rings is 2. The van der Waals surface area contributed by atoms with Gasteiger partial charge in [-0.2, -0.15) is 5.10 Å². The number of phenolic OH excluding ortho intramolecular Hbond substituents is 1. The average molecular weight is 382 g/mol. The normalized spacial score (nSPS) is 13.3. The highest BCUT2D eigenvalue weighted by atomic mass is 16.7. The molecule has 148 valence electrons. The van der Waals surface area contributed by atoms with Gasteiger partial charge in [-0.05, 0) is 54.2 Å². The van der Waals surface area contributed by atoms with Crippen molar-refractivity contribution >= 4 is 11.6 Å². The summed E-state index contributed by atoms with van der Waals surface area (Å²) in [7, 11) is 0. The summed E-state index contributed by atoms with van der Waals surface area (Å²) in [6.45, 7) is 10.1. The molecule has 0 spiro atoms. The zero-order valence-corrected chi connectivity index (χ0v) is 16.9. The number of hydrogen-bond acceptors (Lipinski definition) is 5. The van der Waals surface area contributed by atoms with Crippen LogP contribution in [0.15, 0.2) is 35.4 Å². The van der Waals surface area contributed by atoms with E-state index in [1.54, 1.807) is 13.0 Å². The maximum absolute atomic E-state index is 12.7. The molecule has 2 aromatic carbocycles. The Hall–Kier alpha value is -3.02. The fourth-order valence-electron chi connectivity index (χ4n) is 3.01. The van der Waals surface area contributed by atoms with Gasteiger partial charge in [-0.1, -0.05) is 33.8 Å².